The van der Waals surface area contributed by atoms with Crippen LogP contribution in [0.3, 0.4) is 0 Å². The molecule has 24 heavy (non-hydrogen) atoms. The van der Waals surface area contributed by atoms with Crippen LogP contribution in [-0.4, -0.2) is 27.3 Å². The highest BCUT2D eigenvalue weighted by molar-refractivity contribution is 9.13. The Bertz CT molecular complexity index is 739. The van der Waals surface area contributed by atoms with Crippen LogP contribution in [0.4, 0.5) is 0 Å². The Morgan fingerprint density at radius 3 is 1.42 bits per heavy atom. The molecule has 0 saturated heterocycles. The molecule has 5 nitrogen and oxygen atoms in total. The van der Waals surface area contributed by atoms with Crippen molar-refractivity contribution < 1.29 is 24.9 Å². The second-order valence-electron chi connectivity index (χ2n) is 4.08. The van der Waals surface area contributed by atoms with Gasteiger partial charge in [-0.3, -0.25) is 0 Å². The first-order chi connectivity index (χ1) is 11.1. The molecule has 0 atom stereocenters. The third kappa shape index (κ3) is 5.29. The number of carbonyl (C=O) groups is 2. The van der Waals surface area contributed by atoms with Gasteiger partial charge in [0.25, 0.3) is 0 Å². The average molecular weight is 655 g/mol. The van der Waals surface area contributed by atoms with Gasteiger partial charge in [-0.2, -0.15) is 0 Å². The van der Waals surface area contributed by atoms with Gasteiger partial charge in [-0.05, 0) is 104 Å². The third-order valence-electron chi connectivity index (χ3n) is 2.55. The van der Waals surface area contributed by atoms with Crippen LogP contribution >= 0.6 is 79.6 Å². The number of phenols is 1. The molecule has 2 rings (SSSR count). The summed E-state index contributed by atoms with van der Waals surface area (Å²) < 4.78 is 2.55. The summed E-state index contributed by atoms with van der Waals surface area (Å²) in [6, 6.07) is 6.55. The lowest BCUT2D eigenvalue weighted by Gasteiger charge is -2.03. The second-order valence-corrected chi connectivity index (χ2v) is 8.29. The van der Waals surface area contributed by atoms with E-state index in [2.05, 4.69) is 79.6 Å². The van der Waals surface area contributed by atoms with Crippen molar-refractivity contribution in [2.24, 2.45) is 0 Å². The maximum absolute atomic E-state index is 10.7. The van der Waals surface area contributed by atoms with E-state index in [1.54, 1.807) is 24.3 Å². The van der Waals surface area contributed by atoms with Crippen molar-refractivity contribution in [3.63, 3.8) is 0 Å². The number of hydrogen-bond acceptors (Lipinski definition) is 3. The predicted molar refractivity (Wildman–Crippen MR) is 107 cm³/mol. The Kier molecular flexibility index (Phi) is 8.40. The number of rotatable bonds is 2. The van der Waals surface area contributed by atoms with Crippen molar-refractivity contribution in [3.8, 4) is 5.75 Å². The lowest BCUT2D eigenvalue weighted by atomic mass is 10.2. The lowest BCUT2D eigenvalue weighted by molar-refractivity contribution is 0.0682. The van der Waals surface area contributed by atoms with Gasteiger partial charge in [-0.25, -0.2) is 9.59 Å². The van der Waals surface area contributed by atoms with Gasteiger partial charge in [0, 0.05) is 17.9 Å². The van der Waals surface area contributed by atoms with Gasteiger partial charge in [0.05, 0.1) is 10.0 Å². The minimum absolute atomic E-state index is 0.135. The van der Waals surface area contributed by atoms with E-state index in [0.717, 1.165) is 4.47 Å². The molecular weight excluding hydrogens is 648 g/mol. The summed E-state index contributed by atoms with van der Waals surface area (Å²) in [7, 11) is 0. The smallest absolute Gasteiger partial charge is 0.340 e. The predicted octanol–water partition coefficient (Wildman–Crippen LogP) is 6.29. The molecule has 128 valence electrons. The largest absolute Gasteiger partial charge is 0.506 e. The van der Waals surface area contributed by atoms with Crippen LogP contribution in [0, 0.1) is 0 Å². The quantitative estimate of drug-likeness (QED) is 0.331. The Morgan fingerprint density at radius 1 is 0.667 bits per heavy atom. The molecule has 10 heteroatoms. The highest BCUT2D eigenvalue weighted by atomic mass is 79.9. The maximum Gasteiger partial charge on any atom is 0.340 e. The monoisotopic (exact) mass is 650 g/mol. The van der Waals surface area contributed by atoms with E-state index in [1.807, 2.05) is 0 Å². The van der Waals surface area contributed by atoms with Crippen molar-refractivity contribution in [3.05, 3.63) is 57.8 Å². The van der Waals surface area contributed by atoms with E-state index in [1.165, 1.54) is 0 Å². The van der Waals surface area contributed by atoms with Crippen molar-refractivity contribution >= 4 is 91.6 Å². The number of hydrogen-bond donors (Lipinski definition) is 3. The van der Waals surface area contributed by atoms with Gasteiger partial charge < -0.3 is 15.3 Å². The lowest BCUT2D eigenvalue weighted by Crippen LogP contribution is -1.99. The molecule has 2 aromatic rings. The summed E-state index contributed by atoms with van der Waals surface area (Å²) in [5, 5.41) is 26.7. The number of benzene rings is 2. The zero-order chi connectivity index (χ0) is 18.6. The van der Waals surface area contributed by atoms with Crippen molar-refractivity contribution in [2.75, 3.05) is 0 Å². The molecule has 0 aliphatic carbocycles. The molecule has 0 aromatic heterocycles. The summed E-state index contributed by atoms with van der Waals surface area (Å²) in [6.45, 7) is 0. The van der Waals surface area contributed by atoms with E-state index < -0.39 is 11.9 Å². The van der Waals surface area contributed by atoms with E-state index in [4.69, 9.17) is 10.2 Å². The molecule has 0 saturated carbocycles. The molecular formula is C14H7Br5O5. The standard InChI is InChI=1S/C7H3Br3O2.C7H4Br2O3/c2*8-3-1-2-4(9)6(10)5(3)7(11)12/h1-2H,(H,11,12);1-2,10H,(H,11,12). The molecule has 0 fully saturated rings. The number of halogens is 5. The first-order valence-electron chi connectivity index (χ1n) is 5.85. The summed E-state index contributed by atoms with van der Waals surface area (Å²) in [6.07, 6.45) is 0. The highest BCUT2D eigenvalue weighted by Gasteiger charge is 2.16. The fourth-order valence-corrected chi connectivity index (χ4v) is 3.90. The van der Waals surface area contributed by atoms with Crippen molar-refractivity contribution in [1.29, 1.82) is 0 Å². The molecule has 0 radical (unpaired) electrons. The molecule has 0 aliphatic rings. The van der Waals surface area contributed by atoms with Crippen LogP contribution in [-0.2, 0) is 0 Å². The molecule has 2 aromatic carbocycles. The van der Waals surface area contributed by atoms with E-state index in [-0.39, 0.29) is 16.9 Å². The fourth-order valence-electron chi connectivity index (χ4n) is 1.47. The summed E-state index contributed by atoms with van der Waals surface area (Å²) in [5.74, 6) is -2.40. The average Bonchev–Trinajstić information content (AvgIpc) is 2.48. The molecule has 0 bridgehead atoms. The Morgan fingerprint density at radius 2 is 1.04 bits per heavy atom. The summed E-state index contributed by atoms with van der Waals surface area (Å²) in [4.78, 5) is 21.3. The first-order valence-corrected chi connectivity index (χ1v) is 9.81. The van der Waals surface area contributed by atoms with Crippen LogP contribution in [0.5, 0.6) is 5.75 Å². The van der Waals surface area contributed by atoms with Crippen LogP contribution in [0.2, 0.25) is 0 Å². The first kappa shape index (κ1) is 21.6. The van der Waals surface area contributed by atoms with Crippen molar-refractivity contribution in [2.45, 2.75) is 0 Å². The van der Waals surface area contributed by atoms with Crippen molar-refractivity contribution in [1.82, 2.24) is 0 Å². The van der Waals surface area contributed by atoms with Gasteiger partial charge in [0.1, 0.15) is 11.3 Å². The van der Waals surface area contributed by atoms with Crippen LogP contribution < -0.4 is 0 Å². The fraction of sp³-hybridized carbons (Fsp3) is 0. The van der Waals surface area contributed by atoms with Crippen LogP contribution in [0.15, 0.2) is 46.6 Å². The molecule has 0 heterocycles. The number of aromatic carboxylic acids is 2. The minimum atomic E-state index is -1.17. The zero-order valence-corrected chi connectivity index (χ0v) is 19.3. The number of carboxylic acids is 2. The molecule has 0 spiro atoms. The maximum atomic E-state index is 10.7. The highest BCUT2D eigenvalue weighted by Crippen LogP contribution is 2.33. The van der Waals surface area contributed by atoms with E-state index in [0.29, 0.717) is 17.9 Å². The molecule has 0 aliphatic heterocycles. The topological polar surface area (TPSA) is 94.8 Å². The Labute approximate surface area is 178 Å². The molecule has 0 unspecified atom stereocenters. The Balaban J connectivity index is 0.000000240. The third-order valence-corrected chi connectivity index (χ3v) is 6.53. The molecule has 3 N–H and O–H groups in total. The summed E-state index contributed by atoms with van der Waals surface area (Å²) in [5.41, 5.74) is 0.0914. The van der Waals surface area contributed by atoms with E-state index >= 15 is 0 Å². The normalized spacial score (nSPS) is 9.88. The van der Waals surface area contributed by atoms with Gasteiger partial charge in [0.2, 0.25) is 0 Å². The summed E-state index contributed by atoms with van der Waals surface area (Å²) >= 11 is 15.6. The van der Waals surface area contributed by atoms with Gasteiger partial charge >= 0.3 is 11.9 Å². The van der Waals surface area contributed by atoms with E-state index in [9.17, 15) is 14.7 Å². The minimum Gasteiger partial charge on any atom is -0.506 e. The number of aromatic hydroxyl groups is 1. The van der Waals surface area contributed by atoms with Gasteiger partial charge in [-0.15, -0.1) is 0 Å². The van der Waals surface area contributed by atoms with Crippen LogP contribution in [0.25, 0.3) is 0 Å². The molecule has 0 amide bonds. The zero-order valence-electron chi connectivity index (χ0n) is 11.4. The van der Waals surface area contributed by atoms with Gasteiger partial charge in [0.15, 0.2) is 0 Å². The van der Waals surface area contributed by atoms with Crippen LogP contribution in [0.1, 0.15) is 20.7 Å². The second kappa shape index (κ2) is 9.33. The SMILES string of the molecule is O=C(O)c1c(Br)ccc(Br)c1Br.O=C(O)c1c(Br)ccc(Br)c1O. The number of carboxylic acid groups (broad SMARTS) is 2. The Hall–Kier alpha value is -0.420. The van der Waals surface area contributed by atoms with Gasteiger partial charge in [-0.1, -0.05) is 0 Å².